The van der Waals surface area contributed by atoms with E-state index in [1.165, 1.54) is 37.8 Å². The van der Waals surface area contributed by atoms with Crippen molar-refractivity contribution in [2.24, 2.45) is 27.6 Å². The van der Waals surface area contributed by atoms with Gasteiger partial charge in [-0.05, 0) is 70.2 Å². The number of rotatable bonds is 13. The lowest BCUT2D eigenvalue weighted by atomic mass is 10.1. The number of nitrogens with two attached hydrogens (primary N) is 1. The molecule has 0 bridgehead atoms. The molecule has 1 aromatic heterocycles. The molecule has 3 rings (SSSR count). The Morgan fingerprint density at radius 2 is 1.58 bits per heavy atom. The molecule has 55 heavy (non-hydrogen) atoms. The topological polar surface area (TPSA) is 155 Å². The zero-order chi connectivity index (χ0) is 42.8. The Morgan fingerprint density at radius 1 is 1.04 bits per heavy atom. The molecule has 0 atom stereocenters. The largest absolute Gasteiger partial charge is 0.494 e. The van der Waals surface area contributed by atoms with Crippen LogP contribution in [0.25, 0.3) is 5.70 Å². The number of nitrogens with one attached hydrogen (secondary N) is 3. The molecule has 0 unspecified atom stereocenters. The van der Waals surface area contributed by atoms with Crippen molar-refractivity contribution in [2.75, 3.05) is 19.5 Å². The van der Waals surface area contributed by atoms with E-state index in [1.807, 2.05) is 45.0 Å². The molecular weight excluding hydrogens is 701 g/mol. The van der Waals surface area contributed by atoms with Crippen molar-refractivity contribution in [1.29, 1.82) is 5.41 Å². The number of hydrogen-bond acceptors (Lipinski definition) is 7. The lowest BCUT2D eigenvalue weighted by Crippen LogP contribution is -2.17. The quantitative estimate of drug-likeness (QED) is 0.0902. The van der Waals surface area contributed by atoms with E-state index in [9.17, 15) is 13.6 Å². The molecule has 2 aromatic rings. The Balaban J connectivity index is -0.000000812. The number of aryl methyl sites for hydroxylation is 1. The molecule has 1 saturated carbocycles. The average molecular weight is 772 g/mol. The monoisotopic (exact) mass is 772 g/mol. The molecule has 1 fully saturated rings. The zero-order valence-corrected chi connectivity index (χ0v) is 35.9. The van der Waals surface area contributed by atoms with Gasteiger partial charge in [-0.15, -0.1) is 0 Å². The number of allylic oxidation sites excluding steroid dienone is 2. The number of anilines is 1. The number of amides is 2. The summed E-state index contributed by atoms with van der Waals surface area (Å²) in [6, 6.07) is 10.3. The Hall–Kier alpha value is -4.74. The SMILES string of the molecule is CC=N/C(=C\C)c1cccc(N/C(=C/C(N)=NC(=O)C2CC2)C(C)=N)c1OC.CCC.CCC.CCC(C)CC.CCc1cccc(C(F)F)n1.CNC=O. The number of halogens is 2. The van der Waals surface area contributed by atoms with Crippen molar-refractivity contribution in [2.45, 2.75) is 128 Å². The summed E-state index contributed by atoms with van der Waals surface area (Å²) in [5, 5.41) is 13.5. The minimum Gasteiger partial charge on any atom is -0.494 e. The van der Waals surface area contributed by atoms with E-state index in [-0.39, 0.29) is 29.1 Å². The third-order valence-corrected chi connectivity index (χ3v) is 7.09. The number of methoxy groups -OCH3 is 1. The van der Waals surface area contributed by atoms with Crippen LogP contribution in [0.15, 0.2) is 64.2 Å². The van der Waals surface area contributed by atoms with Crippen molar-refractivity contribution < 1.29 is 23.1 Å². The summed E-state index contributed by atoms with van der Waals surface area (Å²) < 4.78 is 29.6. The van der Waals surface area contributed by atoms with Crippen LogP contribution in [0, 0.1) is 17.2 Å². The van der Waals surface area contributed by atoms with Crippen molar-refractivity contribution in [3.63, 3.8) is 0 Å². The Labute approximate surface area is 331 Å². The summed E-state index contributed by atoms with van der Waals surface area (Å²) in [6.07, 6.45) is 10.9. The highest BCUT2D eigenvalue weighted by Crippen LogP contribution is 2.35. The van der Waals surface area contributed by atoms with Gasteiger partial charge in [0.2, 0.25) is 6.41 Å². The Kier molecular flexibility index (Phi) is 34.7. The van der Waals surface area contributed by atoms with Crippen molar-refractivity contribution in [3.8, 4) is 5.75 Å². The number of pyridine rings is 1. The van der Waals surface area contributed by atoms with Gasteiger partial charge in [-0.25, -0.2) is 8.78 Å². The van der Waals surface area contributed by atoms with Crippen molar-refractivity contribution in [3.05, 3.63) is 71.2 Å². The van der Waals surface area contributed by atoms with E-state index in [4.69, 9.17) is 20.7 Å². The fourth-order valence-electron chi connectivity index (χ4n) is 3.71. The van der Waals surface area contributed by atoms with E-state index in [0.29, 0.717) is 35.7 Å². The van der Waals surface area contributed by atoms with Gasteiger partial charge >= 0.3 is 0 Å². The summed E-state index contributed by atoms with van der Waals surface area (Å²) in [4.78, 5) is 32.9. The van der Waals surface area contributed by atoms with Gasteiger partial charge in [-0.3, -0.25) is 19.6 Å². The van der Waals surface area contributed by atoms with Gasteiger partial charge in [0, 0.05) is 36.5 Å². The standard InChI is InChI=1S/C21H27N5O2.C8H9F2N.C6H14.2C3H8.C2H5NO/c1-5-16(24-6-2)15-8-7-9-17(20(15)28-4)25-18(13(3)22)12-19(23)26-21(27)14-10-11-14;1-2-6-4-3-5-7(11-6)8(9)10;1-4-6(3)5-2;2*1-3-2;1-3-2-4/h5-9,12,14,22,25H,10-11H2,1-4H3,(H2,23,26,27);3-5,8H,2H2,1H3;6H,4-5H2,1-3H3;2*3H2,1-2H3;2H,1H3,(H,3,4)/b16-5-,18-12+,22-13?,24-6?;;;;;. The lowest BCUT2D eigenvalue weighted by Gasteiger charge is -2.17. The molecule has 1 aliphatic carbocycles. The molecule has 0 radical (unpaired) electrons. The number of carbonyl (C=O) groups excluding carboxylic acids is 2. The minimum atomic E-state index is -2.46. The molecule has 0 aliphatic heterocycles. The lowest BCUT2D eigenvalue weighted by molar-refractivity contribution is -0.118. The maximum atomic E-state index is 12.0. The smallest absolute Gasteiger partial charge is 0.280 e. The van der Waals surface area contributed by atoms with Gasteiger partial charge in [-0.1, -0.05) is 99.3 Å². The van der Waals surface area contributed by atoms with Crippen molar-refractivity contribution >= 4 is 41.5 Å². The first kappa shape index (κ1) is 54.6. The van der Waals surface area contributed by atoms with Crippen LogP contribution in [0.2, 0.25) is 0 Å². The summed E-state index contributed by atoms with van der Waals surface area (Å²) in [5.74, 6) is 1.40. The molecule has 0 saturated heterocycles. The Morgan fingerprint density at radius 3 is 1.96 bits per heavy atom. The molecule has 2 amide bonds. The highest BCUT2D eigenvalue weighted by atomic mass is 19.3. The molecule has 10 nitrogen and oxygen atoms in total. The summed E-state index contributed by atoms with van der Waals surface area (Å²) in [7, 11) is 3.14. The second-order valence-electron chi connectivity index (χ2n) is 12.4. The van der Waals surface area contributed by atoms with Crippen LogP contribution in [0.5, 0.6) is 5.75 Å². The van der Waals surface area contributed by atoms with Gasteiger partial charge in [0.15, 0.2) is 5.75 Å². The molecule has 1 heterocycles. The number of hydrogen-bond donors (Lipinski definition) is 4. The Bertz CT molecular complexity index is 1460. The number of aliphatic imine (C=N–C) groups is 2. The summed E-state index contributed by atoms with van der Waals surface area (Å²) in [5.41, 5.74) is 9.41. The highest BCUT2D eigenvalue weighted by molar-refractivity contribution is 6.08. The van der Waals surface area contributed by atoms with E-state index in [0.717, 1.165) is 30.0 Å². The second-order valence-corrected chi connectivity index (χ2v) is 12.4. The maximum Gasteiger partial charge on any atom is 0.280 e. The van der Waals surface area contributed by atoms with Crippen LogP contribution in [-0.2, 0) is 16.0 Å². The number of benzene rings is 1. The fraction of sp³-hybridized carbons (Fsp3) is 0.535. The predicted molar refractivity (Wildman–Crippen MR) is 231 cm³/mol. The fourth-order valence-corrected chi connectivity index (χ4v) is 3.71. The summed E-state index contributed by atoms with van der Waals surface area (Å²) in [6.45, 7) is 22.5. The normalized spacial score (nSPS) is 12.2. The molecule has 1 aliphatic rings. The molecule has 12 heteroatoms. The third-order valence-electron chi connectivity index (χ3n) is 7.09. The van der Waals surface area contributed by atoms with E-state index >= 15 is 0 Å². The predicted octanol–water partition coefficient (Wildman–Crippen LogP) is 11.0. The number of nitrogens with zero attached hydrogens (tertiary/aromatic N) is 3. The van der Waals surface area contributed by atoms with Crippen LogP contribution in [0.4, 0.5) is 14.5 Å². The second kappa shape index (κ2) is 35.0. The van der Waals surface area contributed by atoms with Gasteiger partial charge < -0.3 is 26.5 Å². The first-order valence-electron chi connectivity index (χ1n) is 19.3. The number of ether oxygens (including phenoxy) is 1. The number of para-hydroxylation sites is 1. The molecule has 0 spiro atoms. The van der Waals surface area contributed by atoms with E-state index in [2.05, 4.69) is 74.1 Å². The molecule has 1 aromatic carbocycles. The van der Waals surface area contributed by atoms with Gasteiger partial charge in [-0.2, -0.15) is 4.99 Å². The first-order chi connectivity index (χ1) is 26.2. The van der Waals surface area contributed by atoms with Crippen molar-refractivity contribution in [1.82, 2.24) is 10.3 Å². The zero-order valence-electron chi connectivity index (χ0n) is 35.9. The average Bonchev–Trinajstić information content (AvgIpc) is 4.04. The van der Waals surface area contributed by atoms with Crippen LogP contribution >= 0.6 is 0 Å². The van der Waals surface area contributed by atoms with Crippen LogP contribution in [0.1, 0.15) is 138 Å². The van der Waals surface area contributed by atoms with E-state index < -0.39 is 6.43 Å². The molecule has 310 valence electrons. The van der Waals surface area contributed by atoms with Crippen LogP contribution in [0.3, 0.4) is 0 Å². The number of amidine groups is 1. The number of carbonyl (C=O) groups is 2. The van der Waals surface area contributed by atoms with Gasteiger partial charge in [0.1, 0.15) is 11.5 Å². The van der Waals surface area contributed by atoms with Crippen LogP contribution in [-0.4, -0.2) is 49.2 Å². The molecule has 5 N–H and O–H groups in total. The maximum absolute atomic E-state index is 12.0. The highest BCUT2D eigenvalue weighted by Gasteiger charge is 2.29. The first-order valence-corrected chi connectivity index (χ1v) is 19.3. The number of aromatic nitrogens is 1. The molecular formula is C43H71F2N7O3. The number of alkyl halides is 2. The minimum absolute atomic E-state index is 0.000384. The van der Waals surface area contributed by atoms with Gasteiger partial charge in [0.25, 0.3) is 12.3 Å². The third kappa shape index (κ3) is 26.6. The van der Waals surface area contributed by atoms with Crippen LogP contribution < -0.4 is 21.1 Å². The summed E-state index contributed by atoms with van der Waals surface area (Å²) >= 11 is 0. The van der Waals surface area contributed by atoms with E-state index in [1.54, 1.807) is 39.4 Å². The van der Waals surface area contributed by atoms with Gasteiger partial charge in [0.05, 0.1) is 29.9 Å².